The van der Waals surface area contributed by atoms with Crippen molar-refractivity contribution in [2.45, 2.75) is 6.42 Å². The molecule has 2 rings (SSSR count). The lowest BCUT2D eigenvalue weighted by atomic mass is 10.0. The van der Waals surface area contributed by atoms with Crippen LogP contribution in [0.2, 0.25) is 0 Å². The molecule has 1 N–H and O–H groups in total. The number of anilines is 1. The topological polar surface area (TPSA) is 29.1 Å². The Kier molecular flexibility index (Phi) is 1.57. The highest BCUT2D eigenvalue weighted by Crippen LogP contribution is 2.22. The standard InChI is InChI=1S/C9H8FNO/c10-6-1-2-7-8(5-6)11-4-3-9(7)12/h1-2,5,11H,3-4H2. The van der Waals surface area contributed by atoms with E-state index in [9.17, 15) is 9.18 Å². The molecular weight excluding hydrogens is 157 g/mol. The van der Waals surface area contributed by atoms with E-state index in [1.807, 2.05) is 0 Å². The van der Waals surface area contributed by atoms with Crippen molar-refractivity contribution >= 4 is 11.5 Å². The molecule has 1 heterocycles. The summed E-state index contributed by atoms with van der Waals surface area (Å²) in [6.45, 7) is 0.606. The average molecular weight is 165 g/mol. The molecule has 1 aliphatic rings. The predicted octanol–water partition coefficient (Wildman–Crippen LogP) is 1.82. The summed E-state index contributed by atoms with van der Waals surface area (Å²) in [7, 11) is 0. The number of nitrogens with one attached hydrogen (secondary N) is 1. The van der Waals surface area contributed by atoms with E-state index in [0.717, 1.165) is 0 Å². The number of rotatable bonds is 0. The van der Waals surface area contributed by atoms with Gasteiger partial charge < -0.3 is 5.32 Å². The van der Waals surface area contributed by atoms with E-state index in [0.29, 0.717) is 24.2 Å². The first-order valence-corrected chi connectivity index (χ1v) is 3.84. The zero-order valence-corrected chi connectivity index (χ0v) is 6.43. The Morgan fingerprint density at radius 2 is 2.25 bits per heavy atom. The zero-order valence-electron chi connectivity index (χ0n) is 6.43. The summed E-state index contributed by atoms with van der Waals surface area (Å²) in [5.74, 6) is -0.222. The van der Waals surface area contributed by atoms with Crippen molar-refractivity contribution in [3.05, 3.63) is 29.6 Å². The van der Waals surface area contributed by atoms with Crippen LogP contribution < -0.4 is 5.32 Å². The molecule has 3 heteroatoms. The summed E-state index contributed by atoms with van der Waals surface area (Å²) in [4.78, 5) is 11.2. The Hall–Kier alpha value is -1.38. The first-order chi connectivity index (χ1) is 5.77. The maximum Gasteiger partial charge on any atom is 0.166 e. The molecular formula is C9H8FNO. The molecule has 0 amide bonds. The molecule has 1 aromatic carbocycles. The van der Waals surface area contributed by atoms with Gasteiger partial charge in [-0.3, -0.25) is 4.79 Å². The van der Waals surface area contributed by atoms with Crippen LogP contribution in [-0.2, 0) is 0 Å². The van der Waals surface area contributed by atoms with Gasteiger partial charge in [-0.2, -0.15) is 0 Å². The van der Waals surface area contributed by atoms with Gasteiger partial charge in [-0.05, 0) is 18.2 Å². The summed E-state index contributed by atoms with van der Waals surface area (Å²) in [5.41, 5.74) is 1.22. The lowest BCUT2D eigenvalue weighted by Gasteiger charge is -2.16. The molecule has 0 fully saturated rings. The first-order valence-electron chi connectivity index (χ1n) is 3.84. The van der Waals surface area contributed by atoms with Crippen LogP contribution in [-0.4, -0.2) is 12.3 Å². The summed E-state index contributed by atoms with van der Waals surface area (Å²) >= 11 is 0. The van der Waals surface area contributed by atoms with E-state index in [-0.39, 0.29) is 11.6 Å². The van der Waals surface area contributed by atoms with E-state index < -0.39 is 0 Å². The van der Waals surface area contributed by atoms with Crippen LogP contribution in [0.3, 0.4) is 0 Å². The van der Waals surface area contributed by atoms with Gasteiger partial charge in [0.1, 0.15) is 5.82 Å². The second-order valence-corrected chi connectivity index (χ2v) is 2.79. The molecule has 0 bridgehead atoms. The summed E-state index contributed by atoms with van der Waals surface area (Å²) in [6.07, 6.45) is 0.499. The Labute approximate surface area is 69.4 Å². The van der Waals surface area contributed by atoms with Crippen LogP contribution in [0.5, 0.6) is 0 Å². The Morgan fingerprint density at radius 1 is 1.42 bits per heavy atom. The van der Waals surface area contributed by atoms with Crippen molar-refractivity contribution in [3.8, 4) is 0 Å². The molecule has 62 valence electrons. The lowest BCUT2D eigenvalue weighted by Crippen LogP contribution is -2.17. The molecule has 0 saturated carbocycles. The van der Waals surface area contributed by atoms with Crippen molar-refractivity contribution in [3.63, 3.8) is 0 Å². The Bertz CT molecular complexity index is 335. The van der Waals surface area contributed by atoms with Gasteiger partial charge in [-0.15, -0.1) is 0 Å². The van der Waals surface area contributed by atoms with Gasteiger partial charge in [-0.1, -0.05) is 0 Å². The molecule has 0 atom stereocenters. The van der Waals surface area contributed by atoms with Crippen LogP contribution in [0.4, 0.5) is 10.1 Å². The van der Waals surface area contributed by atoms with Crippen molar-refractivity contribution in [1.82, 2.24) is 0 Å². The van der Waals surface area contributed by atoms with E-state index in [4.69, 9.17) is 0 Å². The van der Waals surface area contributed by atoms with Gasteiger partial charge in [0.05, 0.1) is 0 Å². The number of ketones is 1. The summed E-state index contributed by atoms with van der Waals surface area (Å²) in [6, 6.07) is 4.19. The average Bonchev–Trinajstić information content (AvgIpc) is 2.04. The van der Waals surface area contributed by atoms with Crippen LogP contribution in [0, 0.1) is 5.82 Å². The van der Waals surface area contributed by atoms with Crippen molar-refractivity contribution in [2.75, 3.05) is 11.9 Å². The molecule has 0 saturated heterocycles. The van der Waals surface area contributed by atoms with Crippen LogP contribution >= 0.6 is 0 Å². The second kappa shape index (κ2) is 2.59. The van der Waals surface area contributed by atoms with Gasteiger partial charge in [0, 0.05) is 24.2 Å². The fourth-order valence-corrected chi connectivity index (χ4v) is 1.35. The van der Waals surface area contributed by atoms with Crippen molar-refractivity contribution < 1.29 is 9.18 Å². The molecule has 1 aliphatic heterocycles. The maximum atomic E-state index is 12.7. The molecule has 0 unspecified atom stereocenters. The highest BCUT2D eigenvalue weighted by atomic mass is 19.1. The lowest BCUT2D eigenvalue weighted by molar-refractivity contribution is 0.0983. The smallest absolute Gasteiger partial charge is 0.166 e. The van der Waals surface area contributed by atoms with Gasteiger partial charge >= 0.3 is 0 Å². The molecule has 0 radical (unpaired) electrons. The van der Waals surface area contributed by atoms with Crippen LogP contribution in [0.25, 0.3) is 0 Å². The fourth-order valence-electron chi connectivity index (χ4n) is 1.35. The number of carbonyl (C=O) groups is 1. The number of halogens is 1. The monoisotopic (exact) mass is 165 g/mol. The predicted molar refractivity (Wildman–Crippen MR) is 43.8 cm³/mol. The number of carbonyl (C=O) groups excluding carboxylic acids is 1. The molecule has 0 aliphatic carbocycles. The zero-order chi connectivity index (χ0) is 8.55. The second-order valence-electron chi connectivity index (χ2n) is 2.79. The number of hydrogen-bond acceptors (Lipinski definition) is 2. The number of Topliss-reactive ketones (excluding diaryl/α,β-unsaturated/α-hetero) is 1. The van der Waals surface area contributed by atoms with Crippen molar-refractivity contribution in [1.29, 1.82) is 0 Å². The molecule has 1 aromatic rings. The normalized spacial score (nSPS) is 15.2. The van der Waals surface area contributed by atoms with Crippen LogP contribution in [0.15, 0.2) is 18.2 Å². The van der Waals surface area contributed by atoms with Gasteiger partial charge in [0.15, 0.2) is 5.78 Å². The van der Waals surface area contributed by atoms with Gasteiger partial charge in [-0.25, -0.2) is 4.39 Å². The van der Waals surface area contributed by atoms with Crippen LogP contribution in [0.1, 0.15) is 16.8 Å². The summed E-state index contributed by atoms with van der Waals surface area (Å²) in [5, 5.41) is 2.97. The third-order valence-corrected chi connectivity index (χ3v) is 1.95. The van der Waals surface area contributed by atoms with E-state index in [1.165, 1.54) is 18.2 Å². The number of benzene rings is 1. The largest absolute Gasteiger partial charge is 0.384 e. The summed E-state index contributed by atoms with van der Waals surface area (Å²) < 4.78 is 12.7. The molecule has 0 aromatic heterocycles. The third kappa shape index (κ3) is 1.07. The first kappa shape index (κ1) is 7.28. The third-order valence-electron chi connectivity index (χ3n) is 1.95. The minimum Gasteiger partial charge on any atom is -0.384 e. The van der Waals surface area contributed by atoms with E-state index in [2.05, 4.69) is 5.32 Å². The Balaban J connectivity index is 2.53. The minimum absolute atomic E-state index is 0.0868. The Morgan fingerprint density at radius 3 is 3.08 bits per heavy atom. The fraction of sp³-hybridized carbons (Fsp3) is 0.222. The minimum atomic E-state index is -0.309. The van der Waals surface area contributed by atoms with Crippen molar-refractivity contribution in [2.24, 2.45) is 0 Å². The molecule has 0 spiro atoms. The van der Waals surface area contributed by atoms with Gasteiger partial charge in [0.2, 0.25) is 0 Å². The van der Waals surface area contributed by atoms with E-state index in [1.54, 1.807) is 0 Å². The quantitative estimate of drug-likeness (QED) is 0.635. The highest BCUT2D eigenvalue weighted by Gasteiger charge is 2.16. The SMILES string of the molecule is O=C1CCNc2cc(F)ccc21. The molecule has 2 nitrogen and oxygen atoms in total. The molecule has 12 heavy (non-hydrogen) atoms. The van der Waals surface area contributed by atoms with Gasteiger partial charge in [0.25, 0.3) is 0 Å². The highest BCUT2D eigenvalue weighted by molar-refractivity contribution is 6.02. The number of hydrogen-bond donors (Lipinski definition) is 1. The number of fused-ring (bicyclic) bond motifs is 1. The van der Waals surface area contributed by atoms with E-state index >= 15 is 0 Å². The maximum absolute atomic E-state index is 12.7.